The average molecular weight is 236 g/mol. The lowest BCUT2D eigenvalue weighted by Crippen LogP contribution is -2.40. The van der Waals surface area contributed by atoms with E-state index in [1.807, 2.05) is 0 Å². The summed E-state index contributed by atoms with van der Waals surface area (Å²) in [5, 5.41) is 12.7. The molecular weight excluding hydrogens is 220 g/mol. The van der Waals surface area contributed by atoms with Crippen molar-refractivity contribution >= 4 is 12.2 Å². The van der Waals surface area contributed by atoms with Crippen molar-refractivity contribution in [3.63, 3.8) is 0 Å². The zero-order valence-electron chi connectivity index (χ0n) is 9.53. The predicted octanol–water partition coefficient (Wildman–Crippen LogP) is 0.862. The van der Waals surface area contributed by atoms with Crippen LogP contribution in [0.15, 0.2) is 12.1 Å². The van der Waals surface area contributed by atoms with Crippen LogP contribution in [0, 0.1) is 0 Å². The Morgan fingerprint density at radius 2 is 2.18 bits per heavy atom. The predicted molar refractivity (Wildman–Crippen MR) is 61.9 cm³/mol. The second-order valence-electron chi connectivity index (χ2n) is 4.56. The molecule has 1 heterocycles. The first-order valence-electron chi connectivity index (χ1n) is 5.78. The number of hydrogen-bond acceptors (Lipinski definition) is 3. The van der Waals surface area contributed by atoms with Crippen LogP contribution < -0.4 is 5.32 Å². The monoisotopic (exact) mass is 236 g/mol. The van der Waals surface area contributed by atoms with Crippen LogP contribution in [0.3, 0.4) is 0 Å². The number of nitrogens with one attached hydrogen (secondary N) is 2. The summed E-state index contributed by atoms with van der Waals surface area (Å²) < 4.78 is 0. The van der Waals surface area contributed by atoms with Crippen molar-refractivity contribution in [2.24, 2.45) is 0 Å². The van der Waals surface area contributed by atoms with Crippen LogP contribution in [0.1, 0.15) is 46.7 Å². The minimum absolute atomic E-state index is 0.265. The van der Waals surface area contributed by atoms with Gasteiger partial charge in [-0.1, -0.05) is 12.8 Å². The Bertz CT molecular complexity index is 419. The molecule has 1 aliphatic carbocycles. The van der Waals surface area contributed by atoms with Gasteiger partial charge in [0.1, 0.15) is 5.69 Å². The standard InChI is InChI=1S/C12H16N2O3/c15-7-9-3-4-10(14-9)11(16)13-8-12(17)5-1-2-6-12/h3-4,7,14,17H,1-2,5-6,8H2,(H,13,16). The summed E-state index contributed by atoms with van der Waals surface area (Å²) in [6.45, 7) is 0.265. The van der Waals surface area contributed by atoms with Crippen molar-refractivity contribution in [2.75, 3.05) is 6.54 Å². The largest absolute Gasteiger partial charge is 0.388 e. The quantitative estimate of drug-likeness (QED) is 0.678. The zero-order chi connectivity index (χ0) is 12.3. The summed E-state index contributed by atoms with van der Waals surface area (Å²) in [4.78, 5) is 24.8. The molecule has 1 aromatic heterocycles. The van der Waals surface area contributed by atoms with E-state index in [-0.39, 0.29) is 12.5 Å². The van der Waals surface area contributed by atoms with Gasteiger partial charge in [-0.25, -0.2) is 0 Å². The summed E-state index contributed by atoms with van der Waals surface area (Å²) >= 11 is 0. The molecule has 0 atom stereocenters. The molecule has 5 heteroatoms. The molecule has 0 unspecified atom stereocenters. The van der Waals surface area contributed by atoms with E-state index in [0.29, 0.717) is 17.7 Å². The number of amides is 1. The van der Waals surface area contributed by atoms with Gasteiger partial charge in [0.25, 0.3) is 5.91 Å². The molecule has 0 saturated heterocycles. The molecule has 17 heavy (non-hydrogen) atoms. The van der Waals surface area contributed by atoms with Crippen LogP contribution in [0.2, 0.25) is 0 Å². The van der Waals surface area contributed by atoms with Gasteiger partial charge in [-0.2, -0.15) is 0 Å². The molecule has 0 aromatic carbocycles. The maximum atomic E-state index is 11.7. The first-order valence-corrected chi connectivity index (χ1v) is 5.78. The highest BCUT2D eigenvalue weighted by Crippen LogP contribution is 2.28. The van der Waals surface area contributed by atoms with Crippen molar-refractivity contribution < 1.29 is 14.7 Å². The molecule has 0 spiro atoms. The normalized spacial score (nSPS) is 17.9. The smallest absolute Gasteiger partial charge is 0.267 e. The number of H-pyrrole nitrogens is 1. The Morgan fingerprint density at radius 3 is 2.76 bits per heavy atom. The molecule has 1 amide bonds. The minimum Gasteiger partial charge on any atom is -0.388 e. The van der Waals surface area contributed by atoms with Crippen LogP contribution in [-0.2, 0) is 0 Å². The SMILES string of the molecule is O=Cc1ccc(C(=O)NCC2(O)CCCC2)[nH]1. The van der Waals surface area contributed by atoms with Crippen molar-refractivity contribution in [3.05, 3.63) is 23.5 Å². The summed E-state index contributed by atoms with van der Waals surface area (Å²) in [6.07, 6.45) is 4.13. The van der Waals surface area contributed by atoms with Gasteiger partial charge in [-0.05, 0) is 25.0 Å². The van der Waals surface area contributed by atoms with Crippen molar-refractivity contribution in [3.8, 4) is 0 Å². The maximum Gasteiger partial charge on any atom is 0.267 e. The molecule has 1 saturated carbocycles. The van der Waals surface area contributed by atoms with E-state index in [4.69, 9.17) is 0 Å². The molecule has 1 fully saturated rings. The number of carbonyl (C=O) groups is 2. The van der Waals surface area contributed by atoms with E-state index in [1.54, 1.807) is 12.1 Å². The lowest BCUT2D eigenvalue weighted by atomic mass is 10.0. The third-order valence-corrected chi connectivity index (χ3v) is 3.19. The molecule has 5 nitrogen and oxygen atoms in total. The second-order valence-corrected chi connectivity index (χ2v) is 4.56. The third-order valence-electron chi connectivity index (χ3n) is 3.19. The molecule has 92 valence electrons. The fourth-order valence-corrected chi connectivity index (χ4v) is 2.16. The lowest BCUT2D eigenvalue weighted by molar-refractivity contribution is 0.0448. The molecule has 3 N–H and O–H groups in total. The number of aromatic amines is 1. The van der Waals surface area contributed by atoms with Crippen molar-refractivity contribution in [2.45, 2.75) is 31.3 Å². The Labute approximate surface area is 99.2 Å². The maximum absolute atomic E-state index is 11.7. The van der Waals surface area contributed by atoms with Gasteiger partial charge in [0, 0.05) is 6.54 Å². The zero-order valence-corrected chi connectivity index (χ0v) is 9.53. The highest BCUT2D eigenvalue weighted by molar-refractivity contribution is 5.93. The molecule has 1 aromatic rings. The van der Waals surface area contributed by atoms with E-state index >= 15 is 0 Å². The number of carbonyl (C=O) groups excluding carboxylic acids is 2. The molecule has 0 radical (unpaired) electrons. The Kier molecular flexibility index (Phi) is 3.28. The summed E-state index contributed by atoms with van der Waals surface area (Å²) in [6, 6.07) is 3.10. The van der Waals surface area contributed by atoms with Crippen molar-refractivity contribution in [1.82, 2.24) is 10.3 Å². The Hall–Kier alpha value is -1.62. The summed E-state index contributed by atoms with van der Waals surface area (Å²) in [5.74, 6) is -0.293. The molecule has 2 rings (SSSR count). The Balaban J connectivity index is 1.90. The minimum atomic E-state index is -0.754. The van der Waals surface area contributed by atoms with E-state index in [0.717, 1.165) is 25.7 Å². The van der Waals surface area contributed by atoms with Gasteiger partial charge in [0.2, 0.25) is 0 Å². The topological polar surface area (TPSA) is 82.2 Å². The molecular formula is C12H16N2O3. The first-order chi connectivity index (χ1) is 8.13. The van der Waals surface area contributed by atoms with E-state index < -0.39 is 5.60 Å². The number of aldehydes is 1. The van der Waals surface area contributed by atoms with Gasteiger partial charge >= 0.3 is 0 Å². The van der Waals surface area contributed by atoms with Crippen LogP contribution >= 0.6 is 0 Å². The van der Waals surface area contributed by atoms with E-state index in [1.165, 1.54) is 0 Å². The fraction of sp³-hybridized carbons (Fsp3) is 0.500. The number of aliphatic hydroxyl groups is 1. The molecule has 1 aliphatic rings. The van der Waals surface area contributed by atoms with Gasteiger partial charge in [0.05, 0.1) is 11.3 Å². The Morgan fingerprint density at radius 1 is 1.47 bits per heavy atom. The number of hydrogen-bond donors (Lipinski definition) is 3. The average Bonchev–Trinajstić information content (AvgIpc) is 2.95. The summed E-state index contributed by atoms with van der Waals surface area (Å²) in [7, 11) is 0. The van der Waals surface area contributed by atoms with Gasteiger partial charge in [-0.3, -0.25) is 9.59 Å². The fourth-order valence-electron chi connectivity index (χ4n) is 2.16. The highest BCUT2D eigenvalue weighted by Gasteiger charge is 2.31. The molecule has 0 aliphatic heterocycles. The van der Waals surface area contributed by atoms with Gasteiger partial charge in [0.15, 0.2) is 6.29 Å². The summed E-state index contributed by atoms with van der Waals surface area (Å²) in [5.41, 5.74) is -0.0427. The van der Waals surface area contributed by atoms with E-state index in [2.05, 4.69) is 10.3 Å². The third kappa shape index (κ3) is 2.74. The van der Waals surface area contributed by atoms with Crippen LogP contribution in [-0.4, -0.2) is 34.4 Å². The number of aromatic nitrogens is 1. The van der Waals surface area contributed by atoms with Crippen LogP contribution in [0.5, 0.6) is 0 Å². The first kappa shape index (κ1) is 11.9. The van der Waals surface area contributed by atoms with Gasteiger partial charge in [-0.15, -0.1) is 0 Å². The van der Waals surface area contributed by atoms with Crippen molar-refractivity contribution in [1.29, 1.82) is 0 Å². The number of rotatable bonds is 4. The van der Waals surface area contributed by atoms with Crippen LogP contribution in [0.4, 0.5) is 0 Å². The van der Waals surface area contributed by atoms with Crippen LogP contribution in [0.25, 0.3) is 0 Å². The van der Waals surface area contributed by atoms with Gasteiger partial charge < -0.3 is 15.4 Å². The second kappa shape index (κ2) is 4.71. The highest BCUT2D eigenvalue weighted by atomic mass is 16.3. The lowest BCUT2D eigenvalue weighted by Gasteiger charge is -2.22. The van der Waals surface area contributed by atoms with E-state index in [9.17, 15) is 14.7 Å². The molecule has 0 bridgehead atoms.